The number of fused-ring (bicyclic) bond motifs is 2. The van der Waals surface area contributed by atoms with E-state index in [1.54, 1.807) is 88.0 Å². The van der Waals surface area contributed by atoms with Crippen molar-refractivity contribution >= 4 is 91.4 Å². The Bertz CT molecular complexity index is 3100. The number of hydrogen-bond acceptors (Lipinski definition) is 8. The van der Waals surface area contributed by atoms with Crippen LogP contribution in [0.25, 0.3) is 21.8 Å². The molecule has 0 aliphatic carbocycles. The Hall–Kier alpha value is -7.26. The zero-order valence-corrected chi connectivity index (χ0v) is 36.9. The molecule has 2 amide bonds. The van der Waals surface area contributed by atoms with E-state index in [4.69, 9.17) is 49.0 Å². The molecule has 0 aliphatic heterocycles. The third-order valence-electron chi connectivity index (χ3n) is 10.1. The van der Waals surface area contributed by atoms with Crippen LogP contribution in [0.1, 0.15) is 31.8 Å². The molecule has 330 valence electrons. The van der Waals surface area contributed by atoms with Crippen molar-refractivity contribution in [3.63, 3.8) is 0 Å². The van der Waals surface area contributed by atoms with Crippen LogP contribution in [-0.2, 0) is 22.7 Å². The molecule has 0 aliphatic rings. The quantitative estimate of drug-likeness (QED) is 0.0859. The van der Waals surface area contributed by atoms with Crippen molar-refractivity contribution in [3.8, 4) is 17.4 Å². The number of anilines is 2. The molecule has 17 heteroatoms. The number of benzene rings is 5. The van der Waals surface area contributed by atoms with Crippen LogP contribution in [0.5, 0.6) is 17.4 Å². The van der Waals surface area contributed by atoms with Crippen molar-refractivity contribution in [1.29, 1.82) is 0 Å². The lowest BCUT2D eigenvalue weighted by molar-refractivity contribution is -0.113. The van der Waals surface area contributed by atoms with Gasteiger partial charge in [0.15, 0.2) is 0 Å². The first-order valence-electron chi connectivity index (χ1n) is 19.5. The fourth-order valence-electron chi connectivity index (χ4n) is 6.91. The number of pyridine rings is 1. The Morgan fingerprint density at radius 3 is 1.46 bits per heavy atom. The van der Waals surface area contributed by atoms with Gasteiger partial charge in [0.2, 0.25) is 5.88 Å². The van der Waals surface area contributed by atoms with Crippen LogP contribution in [0, 0.1) is 11.6 Å². The maximum Gasteiger partial charge on any atom is 0.296 e. The molecular weight excluding hydrogens is 903 g/mol. The van der Waals surface area contributed by atoms with Gasteiger partial charge < -0.3 is 34.0 Å². The molecule has 0 saturated heterocycles. The number of amides is 2. The lowest BCUT2D eigenvalue weighted by Gasteiger charge is -2.08. The highest BCUT2D eigenvalue weighted by Crippen LogP contribution is 2.36. The molecule has 3 heterocycles. The molecule has 3 aromatic heterocycles. The zero-order chi connectivity index (χ0) is 46.4. The van der Waals surface area contributed by atoms with Crippen LogP contribution < -0.4 is 24.8 Å². The SMILES string of the molecule is COc1ccc2c(c1)c(C(=O)C(=O)Nc1cccc(Cl)c1)c(Cl)n2Cc1ccc(F)cc1.COc1ccc2c(c1)c(C(=O)C(=O)Nc1ccnc(OC)c1)c(Cl)n2Cc1ccc(F)cc1. The van der Waals surface area contributed by atoms with Crippen LogP contribution >= 0.6 is 34.8 Å². The molecule has 2 N–H and O–H groups in total. The van der Waals surface area contributed by atoms with Crippen molar-refractivity contribution in [1.82, 2.24) is 14.1 Å². The summed E-state index contributed by atoms with van der Waals surface area (Å²) in [5, 5.41) is 6.66. The third-order valence-corrected chi connectivity index (χ3v) is 11.1. The largest absolute Gasteiger partial charge is 0.497 e. The summed E-state index contributed by atoms with van der Waals surface area (Å²) in [5.41, 5.74) is 3.67. The molecule has 0 atom stereocenters. The van der Waals surface area contributed by atoms with Gasteiger partial charge in [-0.15, -0.1) is 0 Å². The van der Waals surface area contributed by atoms with E-state index in [9.17, 15) is 28.0 Å². The summed E-state index contributed by atoms with van der Waals surface area (Å²) in [4.78, 5) is 55.9. The van der Waals surface area contributed by atoms with E-state index in [0.717, 1.165) is 11.1 Å². The van der Waals surface area contributed by atoms with Crippen LogP contribution in [-0.4, -0.2) is 58.8 Å². The molecule has 0 saturated carbocycles. The Labute approximate surface area is 385 Å². The summed E-state index contributed by atoms with van der Waals surface area (Å²) in [7, 11) is 4.46. The van der Waals surface area contributed by atoms with Gasteiger partial charge in [-0.1, -0.05) is 65.1 Å². The highest BCUT2D eigenvalue weighted by Gasteiger charge is 2.29. The van der Waals surface area contributed by atoms with E-state index < -0.39 is 23.4 Å². The fourth-order valence-corrected chi connectivity index (χ4v) is 7.78. The Balaban J connectivity index is 0.000000194. The second-order valence-corrected chi connectivity index (χ2v) is 15.3. The first kappa shape index (κ1) is 45.8. The number of aromatic nitrogens is 3. The Morgan fingerprint density at radius 2 is 1.03 bits per heavy atom. The predicted octanol–water partition coefficient (Wildman–Crippen LogP) is 10.7. The van der Waals surface area contributed by atoms with E-state index in [2.05, 4.69) is 15.6 Å². The Kier molecular flexibility index (Phi) is 14.1. The molecule has 65 heavy (non-hydrogen) atoms. The number of ketones is 2. The molecule has 0 bridgehead atoms. The van der Waals surface area contributed by atoms with Crippen molar-refractivity contribution in [2.75, 3.05) is 32.0 Å². The van der Waals surface area contributed by atoms with Gasteiger partial charge >= 0.3 is 0 Å². The van der Waals surface area contributed by atoms with Crippen LogP contribution in [0.4, 0.5) is 20.2 Å². The van der Waals surface area contributed by atoms with Crippen molar-refractivity contribution in [2.24, 2.45) is 0 Å². The van der Waals surface area contributed by atoms with Crippen LogP contribution in [0.3, 0.4) is 0 Å². The minimum Gasteiger partial charge on any atom is -0.497 e. The van der Waals surface area contributed by atoms with Gasteiger partial charge in [0.1, 0.15) is 33.4 Å². The maximum absolute atomic E-state index is 13.3. The number of nitrogens with one attached hydrogen (secondary N) is 2. The average molecular weight is 939 g/mol. The smallest absolute Gasteiger partial charge is 0.296 e. The van der Waals surface area contributed by atoms with Gasteiger partial charge in [-0.3, -0.25) is 19.2 Å². The van der Waals surface area contributed by atoms with Crippen molar-refractivity contribution in [2.45, 2.75) is 13.1 Å². The molecule has 8 aromatic rings. The summed E-state index contributed by atoms with van der Waals surface area (Å²) in [6, 6.07) is 31.7. The van der Waals surface area contributed by atoms with Gasteiger partial charge in [0.25, 0.3) is 23.4 Å². The second kappa shape index (κ2) is 20.1. The number of methoxy groups -OCH3 is 3. The minimum atomic E-state index is -0.867. The number of hydrogen-bond donors (Lipinski definition) is 2. The van der Waals surface area contributed by atoms with Crippen molar-refractivity contribution in [3.05, 3.63) is 177 Å². The van der Waals surface area contributed by atoms with E-state index in [1.807, 2.05) is 0 Å². The molecule has 0 fully saturated rings. The highest BCUT2D eigenvalue weighted by atomic mass is 35.5. The van der Waals surface area contributed by atoms with Gasteiger partial charge in [0, 0.05) is 52.5 Å². The lowest BCUT2D eigenvalue weighted by Crippen LogP contribution is -2.23. The van der Waals surface area contributed by atoms with E-state index in [0.29, 0.717) is 55.6 Å². The molecular formula is C48H36Cl3F2N5O7. The summed E-state index contributed by atoms with van der Waals surface area (Å²) in [5.74, 6) is -2.73. The average Bonchev–Trinajstić information content (AvgIpc) is 3.74. The minimum absolute atomic E-state index is 0.0474. The monoisotopic (exact) mass is 937 g/mol. The van der Waals surface area contributed by atoms with Gasteiger partial charge in [-0.2, -0.15) is 0 Å². The summed E-state index contributed by atoms with van der Waals surface area (Å²) in [6.07, 6.45) is 1.45. The number of carbonyl (C=O) groups is 4. The Morgan fingerprint density at radius 1 is 0.569 bits per heavy atom. The van der Waals surface area contributed by atoms with Gasteiger partial charge in [-0.05, 0) is 96.1 Å². The molecule has 0 unspecified atom stereocenters. The third kappa shape index (κ3) is 10.3. The molecule has 8 rings (SSSR count). The number of Topliss-reactive ketones (excluding diaryl/α,β-unsaturated/α-hetero) is 2. The number of carbonyl (C=O) groups excluding carboxylic acids is 4. The first-order chi connectivity index (χ1) is 31.3. The van der Waals surface area contributed by atoms with E-state index in [-0.39, 0.29) is 46.2 Å². The van der Waals surface area contributed by atoms with Crippen LogP contribution in [0.15, 0.2) is 128 Å². The summed E-state index contributed by atoms with van der Waals surface area (Å²) >= 11 is 19.2. The number of halogens is 5. The highest BCUT2D eigenvalue weighted by molar-refractivity contribution is 6.52. The summed E-state index contributed by atoms with van der Waals surface area (Å²) in [6.45, 7) is 0.559. The maximum atomic E-state index is 13.3. The molecule has 0 radical (unpaired) electrons. The number of ether oxygens (including phenoxy) is 3. The van der Waals surface area contributed by atoms with E-state index in [1.165, 1.54) is 70.0 Å². The number of rotatable bonds is 13. The fraction of sp³-hybridized carbons (Fsp3) is 0.104. The van der Waals surface area contributed by atoms with Gasteiger partial charge in [0.05, 0.1) is 43.5 Å². The zero-order valence-electron chi connectivity index (χ0n) is 34.6. The molecule has 5 aromatic carbocycles. The topological polar surface area (TPSA) is 143 Å². The number of nitrogens with zero attached hydrogens (tertiary/aromatic N) is 3. The van der Waals surface area contributed by atoms with Crippen LogP contribution in [0.2, 0.25) is 15.3 Å². The molecule has 0 spiro atoms. The van der Waals surface area contributed by atoms with Gasteiger partial charge in [-0.25, -0.2) is 13.8 Å². The van der Waals surface area contributed by atoms with E-state index >= 15 is 0 Å². The first-order valence-corrected chi connectivity index (χ1v) is 20.6. The second-order valence-electron chi connectivity index (χ2n) is 14.2. The normalized spacial score (nSPS) is 10.8. The van der Waals surface area contributed by atoms with Crippen molar-refractivity contribution < 1.29 is 42.2 Å². The lowest BCUT2D eigenvalue weighted by atomic mass is 10.1. The standard InChI is InChI=1S/C24H17Cl2FN2O3.C24H19ClFN3O4/c1-32-18-9-10-20-19(12-18)21(22(30)24(31)28-17-4-2-3-15(25)11-17)23(26)29(20)13-14-5-7-16(27)8-6-14;1-32-17-7-8-19-18(12-17)21(23(25)29(19)13-14-3-5-15(26)6-4-14)22(30)24(31)28-16-9-10-27-20(11-16)33-2/h2-12H,13H2,1H3,(H,28,31);3-12H,13H2,1-2H3,(H,27,28,31). The summed E-state index contributed by atoms with van der Waals surface area (Å²) < 4.78 is 45.6. The molecule has 12 nitrogen and oxygen atoms in total. The predicted molar refractivity (Wildman–Crippen MR) is 246 cm³/mol.